The van der Waals surface area contributed by atoms with Gasteiger partial charge in [0.1, 0.15) is 12.7 Å². The summed E-state index contributed by atoms with van der Waals surface area (Å²) < 4.78 is 1.73. The lowest BCUT2D eigenvalue weighted by atomic mass is 10.3. The normalized spacial score (nSPS) is 10.5. The topological polar surface area (TPSA) is 59.8 Å². The van der Waals surface area contributed by atoms with Gasteiger partial charge in [0.25, 0.3) is 0 Å². The molecule has 0 aliphatic rings. The number of thiophene rings is 1. The summed E-state index contributed by atoms with van der Waals surface area (Å²) in [4.78, 5) is 17.9. The molecule has 2 heterocycles. The SMILES string of the molecule is Cc1ccc(CNC(=O)CCCn2cncn2)s1. The standard InChI is InChI=1S/C12H16N4OS/c1-10-4-5-11(18-10)7-14-12(17)3-2-6-16-9-13-8-15-16/h4-5,8-9H,2-3,6-7H2,1H3,(H,14,17). The Morgan fingerprint density at radius 3 is 3.06 bits per heavy atom. The third-order valence-electron chi connectivity index (χ3n) is 2.51. The Balaban J connectivity index is 1.63. The summed E-state index contributed by atoms with van der Waals surface area (Å²) in [6.45, 7) is 3.42. The maximum Gasteiger partial charge on any atom is 0.220 e. The van der Waals surface area contributed by atoms with Gasteiger partial charge in [0, 0.05) is 22.7 Å². The Hall–Kier alpha value is -1.69. The van der Waals surface area contributed by atoms with E-state index in [1.54, 1.807) is 22.3 Å². The molecule has 6 heteroatoms. The van der Waals surface area contributed by atoms with Crippen LogP contribution in [0.1, 0.15) is 22.6 Å². The molecule has 2 rings (SSSR count). The van der Waals surface area contributed by atoms with Crippen molar-refractivity contribution in [2.75, 3.05) is 0 Å². The van der Waals surface area contributed by atoms with Crippen LogP contribution in [0.3, 0.4) is 0 Å². The molecule has 0 saturated heterocycles. The van der Waals surface area contributed by atoms with E-state index in [1.807, 2.05) is 0 Å². The molecule has 2 aromatic rings. The van der Waals surface area contributed by atoms with Crippen LogP contribution in [0.2, 0.25) is 0 Å². The average molecular weight is 264 g/mol. The lowest BCUT2D eigenvalue weighted by Crippen LogP contribution is -2.22. The third kappa shape index (κ3) is 3.96. The van der Waals surface area contributed by atoms with E-state index >= 15 is 0 Å². The van der Waals surface area contributed by atoms with Crippen LogP contribution in [0.5, 0.6) is 0 Å². The van der Waals surface area contributed by atoms with Crippen molar-refractivity contribution in [3.8, 4) is 0 Å². The van der Waals surface area contributed by atoms with Crippen LogP contribution in [0.15, 0.2) is 24.8 Å². The highest BCUT2D eigenvalue weighted by Gasteiger charge is 2.03. The summed E-state index contributed by atoms with van der Waals surface area (Å²) in [7, 11) is 0. The fourth-order valence-corrected chi connectivity index (χ4v) is 2.43. The number of amides is 1. The first-order chi connectivity index (χ1) is 8.74. The lowest BCUT2D eigenvalue weighted by Gasteiger charge is -2.03. The predicted molar refractivity (Wildman–Crippen MR) is 70.2 cm³/mol. The molecule has 0 bridgehead atoms. The molecule has 1 N–H and O–H groups in total. The van der Waals surface area contributed by atoms with Gasteiger partial charge in [-0.25, -0.2) is 4.98 Å². The summed E-state index contributed by atoms with van der Waals surface area (Å²) in [5, 5.41) is 6.90. The second kappa shape index (κ2) is 6.30. The zero-order valence-electron chi connectivity index (χ0n) is 10.3. The molecule has 0 saturated carbocycles. The van der Waals surface area contributed by atoms with Crippen molar-refractivity contribution in [2.24, 2.45) is 0 Å². The minimum atomic E-state index is 0.0844. The minimum absolute atomic E-state index is 0.0844. The van der Waals surface area contributed by atoms with E-state index in [0.717, 1.165) is 13.0 Å². The molecule has 0 aromatic carbocycles. The van der Waals surface area contributed by atoms with Crippen molar-refractivity contribution in [1.82, 2.24) is 20.1 Å². The molecule has 0 spiro atoms. The van der Waals surface area contributed by atoms with E-state index in [2.05, 4.69) is 34.5 Å². The van der Waals surface area contributed by atoms with Crippen molar-refractivity contribution in [3.05, 3.63) is 34.5 Å². The monoisotopic (exact) mass is 264 g/mol. The van der Waals surface area contributed by atoms with Crippen LogP contribution in [-0.4, -0.2) is 20.7 Å². The van der Waals surface area contributed by atoms with Crippen LogP contribution in [0, 0.1) is 6.92 Å². The van der Waals surface area contributed by atoms with Crippen LogP contribution in [0.4, 0.5) is 0 Å². The van der Waals surface area contributed by atoms with Crippen LogP contribution in [0.25, 0.3) is 0 Å². The predicted octanol–water partition coefficient (Wildman–Crippen LogP) is 1.74. The van der Waals surface area contributed by atoms with Crippen molar-refractivity contribution >= 4 is 17.2 Å². The summed E-state index contributed by atoms with van der Waals surface area (Å²) in [6, 6.07) is 4.12. The summed E-state index contributed by atoms with van der Waals surface area (Å²) in [5.41, 5.74) is 0. The Bertz CT molecular complexity index is 492. The van der Waals surface area contributed by atoms with Gasteiger partial charge in [-0.05, 0) is 25.5 Å². The number of aromatic nitrogens is 3. The average Bonchev–Trinajstić information content (AvgIpc) is 2.98. The zero-order valence-corrected chi connectivity index (χ0v) is 11.1. The Morgan fingerprint density at radius 1 is 1.50 bits per heavy atom. The second-order valence-corrected chi connectivity index (χ2v) is 5.42. The van der Waals surface area contributed by atoms with Crippen molar-refractivity contribution in [2.45, 2.75) is 32.9 Å². The van der Waals surface area contributed by atoms with Gasteiger partial charge in [0.05, 0.1) is 6.54 Å². The maximum atomic E-state index is 11.6. The van der Waals surface area contributed by atoms with Crippen molar-refractivity contribution in [1.29, 1.82) is 0 Å². The first-order valence-corrected chi connectivity index (χ1v) is 6.70. The Labute approximate surface area is 110 Å². The number of aryl methyl sites for hydroxylation is 2. The maximum absolute atomic E-state index is 11.6. The van der Waals surface area contributed by atoms with Crippen molar-refractivity contribution < 1.29 is 4.79 Å². The van der Waals surface area contributed by atoms with Gasteiger partial charge in [-0.1, -0.05) is 0 Å². The third-order valence-corrected chi connectivity index (χ3v) is 3.51. The molecule has 0 aliphatic carbocycles. The molecule has 0 aliphatic heterocycles. The van der Waals surface area contributed by atoms with Crippen molar-refractivity contribution in [3.63, 3.8) is 0 Å². The first-order valence-electron chi connectivity index (χ1n) is 5.88. The molecule has 1 amide bonds. The summed E-state index contributed by atoms with van der Waals surface area (Å²) in [6.07, 6.45) is 4.45. The van der Waals surface area contributed by atoms with E-state index in [9.17, 15) is 4.79 Å². The van der Waals surface area contributed by atoms with Gasteiger partial charge in [-0.15, -0.1) is 11.3 Å². The smallest absolute Gasteiger partial charge is 0.220 e. The van der Waals surface area contributed by atoms with E-state index in [-0.39, 0.29) is 5.91 Å². The molecule has 2 aromatic heterocycles. The van der Waals surface area contributed by atoms with Crippen LogP contribution in [-0.2, 0) is 17.9 Å². The molecule has 96 valence electrons. The van der Waals surface area contributed by atoms with E-state index in [1.165, 1.54) is 16.1 Å². The van der Waals surface area contributed by atoms with Gasteiger partial charge < -0.3 is 5.32 Å². The van der Waals surface area contributed by atoms with Gasteiger partial charge in [-0.2, -0.15) is 5.10 Å². The largest absolute Gasteiger partial charge is 0.351 e. The molecule has 18 heavy (non-hydrogen) atoms. The summed E-state index contributed by atoms with van der Waals surface area (Å²) in [5.74, 6) is 0.0844. The number of nitrogens with one attached hydrogen (secondary N) is 1. The van der Waals surface area contributed by atoms with Gasteiger partial charge >= 0.3 is 0 Å². The first kappa shape index (κ1) is 12.8. The number of carbonyl (C=O) groups excluding carboxylic acids is 1. The molecular weight excluding hydrogens is 248 g/mol. The van der Waals surface area contributed by atoms with Gasteiger partial charge in [0.2, 0.25) is 5.91 Å². The zero-order chi connectivity index (χ0) is 12.8. The Morgan fingerprint density at radius 2 is 2.39 bits per heavy atom. The highest BCUT2D eigenvalue weighted by Crippen LogP contribution is 2.14. The van der Waals surface area contributed by atoms with Crippen LogP contribution < -0.4 is 5.32 Å². The lowest BCUT2D eigenvalue weighted by molar-refractivity contribution is -0.121. The number of nitrogens with zero attached hydrogens (tertiary/aromatic N) is 3. The molecule has 0 fully saturated rings. The van der Waals surface area contributed by atoms with Crippen LogP contribution >= 0.6 is 11.3 Å². The van der Waals surface area contributed by atoms with E-state index < -0.39 is 0 Å². The Kier molecular flexibility index (Phi) is 4.46. The number of hydrogen-bond donors (Lipinski definition) is 1. The summed E-state index contributed by atoms with van der Waals surface area (Å²) >= 11 is 1.71. The number of rotatable bonds is 6. The minimum Gasteiger partial charge on any atom is -0.351 e. The molecular formula is C12H16N4OS. The second-order valence-electron chi connectivity index (χ2n) is 4.05. The molecule has 0 radical (unpaired) electrons. The molecule has 0 atom stereocenters. The van der Waals surface area contributed by atoms with E-state index in [0.29, 0.717) is 13.0 Å². The molecule has 5 nitrogen and oxygen atoms in total. The number of hydrogen-bond acceptors (Lipinski definition) is 4. The highest BCUT2D eigenvalue weighted by molar-refractivity contribution is 7.11. The quantitative estimate of drug-likeness (QED) is 0.864. The fourth-order valence-electron chi connectivity index (χ4n) is 1.60. The fraction of sp³-hybridized carbons (Fsp3) is 0.417. The van der Waals surface area contributed by atoms with Gasteiger partial charge in [0.15, 0.2) is 0 Å². The molecule has 0 unspecified atom stereocenters. The number of carbonyl (C=O) groups is 1. The highest BCUT2D eigenvalue weighted by atomic mass is 32.1. The van der Waals surface area contributed by atoms with Gasteiger partial charge in [-0.3, -0.25) is 9.48 Å². The van der Waals surface area contributed by atoms with E-state index in [4.69, 9.17) is 0 Å².